The van der Waals surface area contributed by atoms with Gasteiger partial charge in [-0.25, -0.2) is 0 Å². The second-order valence-electron chi connectivity index (χ2n) is 6.76. The Morgan fingerprint density at radius 1 is 1.12 bits per heavy atom. The van der Waals surface area contributed by atoms with Crippen molar-refractivity contribution in [1.29, 1.82) is 0 Å². The Labute approximate surface area is 106 Å². The zero-order valence-corrected chi connectivity index (χ0v) is 12.5. The van der Waals surface area contributed by atoms with Crippen molar-refractivity contribution in [3.63, 3.8) is 0 Å². The predicted octanol–water partition coefficient (Wildman–Crippen LogP) is 3.93. The van der Waals surface area contributed by atoms with Gasteiger partial charge in [-0.3, -0.25) is 0 Å². The molecule has 0 atom stereocenters. The smallest absolute Gasteiger partial charge is 0.00775 e. The Morgan fingerprint density at radius 3 is 2.19 bits per heavy atom. The molecule has 0 amide bonds. The molecule has 0 aromatic rings. The molecule has 16 heavy (non-hydrogen) atoms. The largest absolute Gasteiger partial charge is 0.313 e. The van der Waals surface area contributed by atoms with Crippen LogP contribution in [0.15, 0.2) is 0 Å². The molecule has 1 saturated carbocycles. The van der Waals surface area contributed by atoms with Crippen LogP contribution in [0, 0.1) is 10.8 Å². The molecule has 0 aliphatic heterocycles. The quantitative estimate of drug-likeness (QED) is 0.734. The van der Waals surface area contributed by atoms with Crippen LogP contribution in [0.4, 0.5) is 0 Å². The first-order valence-electron chi connectivity index (χ1n) is 6.66. The molecule has 1 rings (SSSR count). The molecule has 1 nitrogen and oxygen atoms in total. The van der Waals surface area contributed by atoms with Crippen LogP contribution in [0.25, 0.3) is 0 Å². The maximum atomic E-state index is 3.75. The molecule has 0 bridgehead atoms. The SMILES string of the molecule is CCSCCNC1CC(C)(C)CC(C)(C)C1. The predicted molar refractivity (Wildman–Crippen MR) is 76.2 cm³/mol. The summed E-state index contributed by atoms with van der Waals surface area (Å²) < 4.78 is 0. The van der Waals surface area contributed by atoms with Gasteiger partial charge in [0.15, 0.2) is 0 Å². The fourth-order valence-electron chi connectivity index (χ4n) is 3.47. The van der Waals surface area contributed by atoms with Crippen molar-refractivity contribution in [2.75, 3.05) is 18.1 Å². The van der Waals surface area contributed by atoms with E-state index in [9.17, 15) is 0 Å². The molecule has 0 unspecified atom stereocenters. The molecule has 0 radical (unpaired) electrons. The van der Waals surface area contributed by atoms with Crippen LogP contribution >= 0.6 is 11.8 Å². The number of hydrogen-bond donors (Lipinski definition) is 1. The van der Waals surface area contributed by atoms with Crippen molar-refractivity contribution in [3.8, 4) is 0 Å². The van der Waals surface area contributed by atoms with Gasteiger partial charge in [0.2, 0.25) is 0 Å². The number of hydrogen-bond acceptors (Lipinski definition) is 2. The third-order valence-corrected chi connectivity index (χ3v) is 4.34. The van der Waals surface area contributed by atoms with Gasteiger partial charge >= 0.3 is 0 Å². The molecule has 0 heterocycles. The molecule has 2 heteroatoms. The topological polar surface area (TPSA) is 12.0 Å². The monoisotopic (exact) mass is 243 g/mol. The van der Waals surface area contributed by atoms with E-state index in [1.54, 1.807) is 0 Å². The normalized spacial score (nSPS) is 24.6. The second-order valence-corrected chi connectivity index (χ2v) is 8.16. The summed E-state index contributed by atoms with van der Waals surface area (Å²) in [5, 5.41) is 3.75. The maximum absolute atomic E-state index is 3.75. The lowest BCUT2D eigenvalue weighted by molar-refractivity contribution is 0.0860. The minimum absolute atomic E-state index is 0.511. The third kappa shape index (κ3) is 5.09. The summed E-state index contributed by atoms with van der Waals surface area (Å²) in [6.45, 7) is 13.1. The molecule has 1 fully saturated rings. The van der Waals surface area contributed by atoms with Gasteiger partial charge < -0.3 is 5.32 Å². The van der Waals surface area contributed by atoms with Gasteiger partial charge in [-0.2, -0.15) is 11.8 Å². The molecule has 0 spiro atoms. The molecule has 1 N–H and O–H groups in total. The summed E-state index contributed by atoms with van der Waals surface area (Å²) in [5.74, 6) is 2.50. The highest BCUT2D eigenvalue weighted by atomic mass is 32.2. The molecule has 0 aromatic heterocycles. The van der Waals surface area contributed by atoms with E-state index in [0.717, 1.165) is 6.04 Å². The van der Waals surface area contributed by atoms with Crippen molar-refractivity contribution in [2.24, 2.45) is 10.8 Å². The lowest BCUT2D eigenvalue weighted by atomic mass is 9.63. The highest BCUT2D eigenvalue weighted by Gasteiger charge is 2.37. The first-order valence-corrected chi connectivity index (χ1v) is 7.81. The van der Waals surface area contributed by atoms with Crippen LogP contribution in [0.5, 0.6) is 0 Å². The molecule has 1 aliphatic carbocycles. The first kappa shape index (κ1) is 14.4. The number of rotatable bonds is 5. The van der Waals surface area contributed by atoms with Crippen molar-refractivity contribution >= 4 is 11.8 Å². The van der Waals surface area contributed by atoms with Gasteiger partial charge in [-0.1, -0.05) is 34.6 Å². The zero-order valence-electron chi connectivity index (χ0n) is 11.7. The lowest BCUT2D eigenvalue weighted by Gasteiger charge is -2.45. The Kier molecular flexibility index (Phi) is 5.18. The van der Waals surface area contributed by atoms with Crippen LogP contribution in [0.2, 0.25) is 0 Å². The summed E-state index contributed by atoms with van der Waals surface area (Å²) in [5.41, 5.74) is 1.02. The van der Waals surface area contributed by atoms with E-state index in [0.29, 0.717) is 10.8 Å². The zero-order chi connectivity index (χ0) is 12.2. The molecule has 0 saturated heterocycles. The number of thioether (sulfide) groups is 1. The third-order valence-electron chi connectivity index (χ3n) is 3.44. The average molecular weight is 243 g/mol. The van der Waals surface area contributed by atoms with Crippen molar-refractivity contribution in [1.82, 2.24) is 5.32 Å². The molecule has 96 valence electrons. The molecular weight excluding hydrogens is 214 g/mol. The summed E-state index contributed by atoms with van der Waals surface area (Å²) in [6.07, 6.45) is 4.04. The molecule has 0 aromatic carbocycles. The van der Waals surface area contributed by atoms with Crippen molar-refractivity contribution in [2.45, 2.75) is 59.9 Å². The van der Waals surface area contributed by atoms with E-state index in [2.05, 4.69) is 39.9 Å². The Morgan fingerprint density at radius 2 is 1.69 bits per heavy atom. The minimum Gasteiger partial charge on any atom is -0.313 e. The Bertz CT molecular complexity index is 195. The highest BCUT2D eigenvalue weighted by Crippen LogP contribution is 2.45. The van der Waals surface area contributed by atoms with Crippen LogP contribution in [-0.4, -0.2) is 24.1 Å². The second kappa shape index (κ2) is 5.77. The van der Waals surface area contributed by atoms with E-state index >= 15 is 0 Å². The van der Waals surface area contributed by atoms with Gasteiger partial charge in [0.25, 0.3) is 0 Å². The van der Waals surface area contributed by atoms with E-state index in [1.165, 1.54) is 37.3 Å². The number of nitrogens with one attached hydrogen (secondary N) is 1. The van der Waals surface area contributed by atoms with Crippen molar-refractivity contribution in [3.05, 3.63) is 0 Å². The first-order chi connectivity index (χ1) is 7.35. The van der Waals surface area contributed by atoms with Crippen LogP contribution in [-0.2, 0) is 0 Å². The maximum Gasteiger partial charge on any atom is 0.00775 e. The van der Waals surface area contributed by atoms with Crippen LogP contribution in [0.1, 0.15) is 53.9 Å². The lowest BCUT2D eigenvalue weighted by Crippen LogP contribution is -2.44. The summed E-state index contributed by atoms with van der Waals surface area (Å²) in [7, 11) is 0. The van der Waals surface area contributed by atoms with Gasteiger partial charge in [0.1, 0.15) is 0 Å². The highest BCUT2D eigenvalue weighted by molar-refractivity contribution is 7.99. The summed E-state index contributed by atoms with van der Waals surface area (Å²) in [6, 6.07) is 0.733. The fraction of sp³-hybridized carbons (Fsp3) is 1.00. The summed E-state index contributed by atoms with van der Waals surface area (Å²) >= 11 is 2.03. The van der Waals surface area contributed by atoms with Gasteiger partial charge in [0.05, 0.1) is 0 Å². The van der Waals surface area contributed by atoms with Crippen molar-refractivity contribution < 1.29 is 0 Å². The fourth-order valence-corrected chi connectivity index (χ4v) is 4.02. The standard InChI is InChI=1S/C14H29NS/c1-6-16-8-7-15-12-9-13(2,3)11-14(4,5)10-12/h12,15H,6-11H2,1-5H3. The van der Waals surface area contributed by atoms with Crippen LogP contribution < -0.4 is 5.32 Å². The van der Waals surface area contributed by atoms with E-state index in [1.807, 2.05) is 11.8 Å². The molecular formula is C14H29NS. The van der Waals surface area contributed by atoms with Crippen LogP contribution in [0.3, 0.4) is 0 Å². The minimum atomic E-state index is 0.511. The van der Waals surface area contributed by atoms with E-state index in [-0.39, 0.29) is 0 Å². The average Bonchev–Trinajstić information content (AvgIpc) is 2.07. The molecule has 1 aliphatic rings. The summed E-state index contributed by atoms with van der Waals surface area (Å²) in [4.78, 5) is 0. The Hall–Kier alpha value is 0.310. The van der Waals surface area contributed by atoms with Gasteiger partial charge in [-0.05, 0) is 35.8 Å². The Balaban J connectivity index is 2.36. The van der Waals surface area contributed by atoms with E-state index < -0.39 is 0 Å². The van der Waals surface area contributed by atoms with Gasteiger partial charge in [-0.15, -0.1) is 0 Å². The van der Waals surface area contributed by atoms with Gasteiger partial charge in [0, 0.05) is 18.3 Å². The van der Waals surface area contributed by atoms with E-state index in [4.69, 9.17) is 0 Å².